The van der Waals surface area contributed by atoms with E-state index in [2.05, 4.69) is 45.0 Å². The molecule has 0 radical (unpaired) electrons. The maximum atomic E-state index is 6.37. The van der Waals surface area contributed by atoms with E-state index in [4.69, 9.17) is 5.73 Å². The van der Waals surface area contributed by atoms with Gasteiger partial charge < -0.3 is 5.73 Å². The monoisotopic (exact) mass is 291 g/mol. The SMILES string of the molecule is CC(C)(C)c1ccc(SC2CCCCCCC2N)cc1. The van der Waals surface area contributed by atoms with Crippen molar-refractivity contribution in [3.63, 3.8) is 0 Å². The minimum atomic E-state index is 0.236. The van der Waals surface area contributed by atoms with E-state index in [0.29, 0.717) is 11.3 Å². The molecule has 0 amide bonds. The van der Waals surface area contributed by atoms with Gasteiger partial charge in [-0.25, -0.2) is 0 Å². The molecule has 0 saturated heterocycles. The summed E-state index contributed by atoms with van der Waals surface area (Å²) in [6.45, 7) is 6.79. The Morgan fingerprint density at radius 3 is 2.15 bits per heavy atom. The fourth-order valence-electron chi connectivity index (χ4n) is 2.83. The molecule has 1 aliphatic rings. The second kappa shape index (κ2) is 7.00. The van der Waals surface area contributed by atoms with Crippen LogP contribution in [0.15, 0.2) is 29.2 Å². The van der Waals surface area contributed by atoms with E-state index >= 15 is 0 Å². The van der Waals surface area contributed by atoms with Crippen LogP contribution in [-0.4, -0.2) is 11.3 Å². The summed E-state index contributed by atoms with van der Waals surface area (Å²) in [6.07, 6.45) is 7.86. The molecular formula is C18H29NS. The van der Waals surface area contributed by atoms with Crippen molar-refractivity contribution in [1.29, 1.82) is 0 Å². The molecule has 20 heavy (non-hydrogen) atoms. The summed E-state index contributed by atoms with van der Waals surface area (Å²) in [6, 6.07) is 9.46. The molecule has 2 atom stereocenters. The number of benzene rings is 1. The van der Waals surface area contributed by atoms with Gasteiger partial charge in [0.1, 0.15) is 0 Å². The van der Waals surface area contributed by atoms with Gasteiger partial charge in [0.25, 0.3) is 0 Å². The first-order chi connectivity index (χ1) is 9.47. The zero-order valence-electron chi connectivity index (χ0n) is 13.2. The summed E-state index contributed by atoms with van der Waals surface area (Å²) in [5, 5.41) is 0.593. The predicted molar refractivity (Wildman–Crippen MR) is 90.5 cm³/mol. The summed E-state index contributed by atoms with van der Waals surface area (Å²) < 4.78 is 0. The quantitative estimate of drug-likeness (QED) is 0.817. The smallest absolute Gasteiger partial charge is 0.0246 e. The van der Waals surface area contributed by atoms with Gasteiger partial charge in [0.2, 0.25) is 0 Å². The maximum absolute atomic E-state index is 6.37. The lowest BCUT2D eigenvalue weighted by atomic mass is 9.87. The molecule has 1 saturated carbocycles. The molecule has 0 heterocycles. The van der Waals surface area contributed by atoms with Crippen LogP contribution in [-0.2, 0) is 5.41 Å². The van der Waals surface area contributed by atoms with Crippen molar-refractivity contribution in [1.82, 2.24) is 0 Å². The Morgan fingerprint density at radius 2 is 1.55 bits per heavy atom. The van der Waals surface area contributed by atoms with Gasteiger partial charge in [-0.15, -0.1) is 11.8 Å². The van der Waals surface area contributed by atoms with E-state index in [1.807, 2.05) is 11.8 Å². The van der Waals surface area contributed by atoms with Crippen LogP contribution in [0.3, 0.4) is 0 Å². The van der Waals surface area contributed by atoms with Gasteiger partial charge in [-0.05, 0) is 36.0 Å². The highest BCUT2D eigenvalue weighted by atomic mass is 32.2. The average Bonchev–Trinajstić information content (AvgIpc) is 2.38. The summed E-state index contributed by atoms with van der Waals surface area (Å²) in [4.78, 5) is 1.37. The Balaban J connectivity index is 2.01. The van der Waals surface area contributed by atoms with Crippen LogP contribution in [0.5, 0.6) is 0 Å². The van der Waals surface area contributed by atoms with E-state index < -0.39 is 0 Å². The minimum absolute atomic E-state index is 0.236. The van der Waals surface area contributed by atoms with Crippen LogP contribution < -0.4 is 5.73 Å². The van der Waals surface area contributed by atoms with E-state index in [1.165, 1.54) is 49.0 Å². The molecule has 0 aromatic heterocycles. The zero-order chi connectivity index (χ0) is 14.6. The van der Waals surface area contributed by atoms with Gasteiger partial charge in [0.05, 0.1) is 0 Å². The van der Waals surface area contributed by atoms with E-state index in [1.54, 1.807) is 0 Å². The van der Waals surface area contributed by atoms with Gasteiger partial charge in [-0.1, -0.05) is 58.6 Å². The van der Waals surface area contributed by atoms with E-state index in [0.717, 1.165) is 0 Å². The fraction of sp³-hybridized carbons (Fsp3) is 0.667. The molecule has 0 bridgehead atoms. The van der Waals surface area contributed by atoms with Crippen LogP contribution in [0.4, 0.5) is 0 Å². The molecule has 1 nitrogen and oxygen atoms in total. The zero-order valence-corrected chi connectivity index (χ0v) is 14.0. The highest BCUT2D eigenvalue weighted by Gasteiger charge is 2.21. The van der Waals surface area contributed by atoms with Gasteiger partial charge in [-0.2, -0.15) is 0 Å². The van der Waals surface area contributed by atoms with Gasteiger partial charge in [0, 0.05) is 16.2 Å². The summed E-state index contributed by atoms with van der Waals surface area (Å²) >= 11 is 1.99. The Labute approximate surface area is 128 Å². The third kappa shape index (κ3) is 4.53. The maximum Gasteiger partial charge on any atom is 0.0246 e. The third-order valence-electron chi connectivity index (χ3n) is 4.26. The number of nitrogens with two attached hydrogens (primary N) is 1. The number of hydrogen-bond donors (Lipinski definition) is 1. The van der Waals surface area contributed by atoms with Crippen LogP contribution >= 0.6 is 11.8 Å². The molecule has 112 valence electrons. The molecule has 2 rings (SSSR count). The van der Waals surface area contributed by atoms with E-state index in [-0.39, 0.29) is 5.41 Å². The Morgan fingerprint density at radius 1 is 0.950 bits per heavy atom. The molecule has 1 aliphatic carbocycles. The van der Waals surface area contributed by atoms with Gasteiger partial charge in [0.15, 0.2) is 0 Å². The van der Waals surface area contributed by atoms with Crippen molar-refractivity contribution in [3.8, 4) is 0 Å². The second-order valence-corrected chi connectivity index (χ2v) is 8.40. The molecule has 1 aromatic rings. The van der Waals surface area contributed by atoms with E-state index in [9.17, 15) is 0 Å². The molecule has 1 aromatic carbocycles. The van der Waals surface area contributed by atoms with Gasteiger partial charge in [-0.3, -0.25) is 0 Å². The number of hydrogen-bond acceptors (Lipinski definition) is 2. The minimum Gasteiger partial charge on any atom is -0.327 e. The molecule has 0 spiro atoms. The standard InChI is InChI=1S/C18H29NS/c1-18(2,3)14-10-12-15(13-11-14)20-17-9-7-5-4-6-8-16(17)19/h10-13,16-17H,4-9,19H2,1-3H3. The summed E-state index contributed by atoms with van der Waals surface area (Å²) in [5.41, 5.74) is 8.02. The summed E-state index contributed by atoms with van der Waals surface area (Å²) in [7, 11) is 0. The molecule has 1 fully saturated rings. The van der Waals surface area contributed by atoms with Crippen molar-refractivity contribution in [2.45, 2.75) is 80.9 Å². The third-order valence-corrected chi connectivity index (χ3v) is 5.69. The largest absolute Gasteiger partial charge is 0.327 e. The van der Waals surface area contributed by atoms with Gasteiger partial charge >= 0.3 is 0 Å². The van der Waals surface area contributed by atoms with Crippen molar-refractivity contribution < 1.29 is 0 Å². The lowest BCUT2D eigenvalue weighted by molar-refractivity contribution is 0.463. The normalized spacial score (nSPS) is 25.0. The molecule has 2 heteroatoms. The Hall–Kier alpha value is -0.470. The predicted octanol–water partition coefficient (Wildman–Crippen LogP) is 5.13. The molecule has 2 N–H and O–H groups in total. The lowest BCUT2D eigenvalue weighted by Crippen LogP contribution is -2.33. The molecule has 0 aliphatic heterocycles. The molecule has 2 unspecified atom stereocenters. The summed E-state index contributed by atoms with van der Waals surface area (Å²) in [5.74, 6) is 0. The average molecular weight is 292 g/mol. The molecular weight excluding hydrogens is 262 g/mol. The Kier molecular flexibility index (Phi) is 5.57. The topological polar surface area (TPSA) is 26.0 Å². The first-order valence-electron chi connectivity index (χ1n) is 7.99. The van der Waals surface area contributed by atoms with Crippen LogP contribution in [0.1, 0.15) is 64.9 Å². The lowest BCUT2D eigenvalue weighted by Gasteiger charge is -2.26. The van der Waals surface area contributed by atoms with Crippen molar-refractivity contribution in [2.75, 3.05) is 0 Å². The van der Waals surface area contributed by atoms with Crippen LogP contribution in [0.25, 0.3) is 0 Å². The number of thioether (sulfide) groups is 1. The van der Waals surface area contributed by atoms with Crippen LogP contribution in [0.2, 0.25) is 0 Å². The van der Waals surface area contributed by atoms with Crippen LogP contribution in [0, 0.1) is 0 Å². The number of rotatable bonds is 2. The first-order valence-corrected chi connectivity index (χ1v) is 8.87. The second-order valence-electron chi connectivity index (χ2n) is 7.09. The Bertz CT molecular complexity index is 404. The highest BCUT2D eigenvalue weighted by Crippen LogP contribution is 2.33. The van der Waals surface area contributed by atoms with Crippen molar-refractivity contribution in [2.24, 2.45) is 5.73 Å². The van der Waals surface area contributed by atoms with Crippen molar-refractivity contribution >= 4 is 11.8 Å². The highest BCUT2D eigenvalue weighted by molar-refractivity contribution is 8.00. The first kappa shape index (κ1) is 15.9. The van der Waals surface area contributed by atoms with Crippen molar-refractivity contribution in [3.05, 3.63) is 29.8 Å². The fourth-order valence-corrected chi connectivity index (χ4v) is 4.07.